The van der Waals surface area contributed by atoms with Crippen molar-refractivity contribution in [3.05, 3.63) is 66.0 Å². The maximum absolute atomic E-state index is 13.2. The summed E-state index contributed by atoms with van der Waals surface area (Å²) in [5, 5.41) is 9.24. The summed E-state index contributed by atoms with van der Waals surface area (Å²) in [5.41, 5.74) is 4.06. The monoisotopic (exact) mass is 483 g/mol. The second-order valence-electron chi connectivity index (χ2n) is 8.22. The summed E-state index contributed by atoms with van der Waals surface area (Å²) in [6, 6.07) is 13.2. The van der Waals surface area contributed by atoms with Crippen LogP contribution in [0.1, 0.15) is 24.5 Å². The van der Waals surface area contributed by atoms with Gasteiger partial charge in [0.1, 0.15) is 0 Å². The first-order chi connectivity index (χ1) is 17.0. The molecule has 0 aliphatic carbocycles. The lowest BCUT2D eigenvalue weighted by Crippen LogP contribution is -2.22. The lowest BCUT2D eigenvalue weighted by Gasteiger charge is -2.08. The number of fused-ring (bicyclic) bond motifs is 2. The third-order valence-corrected chi connectivity index (χ3v) is 6.14. The van der Waals surface area contributed by atoms with E-state index in [1.807, 2.05) is 47.2 Å². The van der Waals surface area contributed by atoms with E-state index in [4.69, 9.17) is 0 Å². The van der Waals surface area contributed by atoms with Gasteiger partial charge in [0.25, 0.3) is 11.8 Å². The molecule has 1 aliphatic rings. The van der Waals surface area contributed by atoms with E-state index in [-0.39, 0.29) is 11.5 Å². The molecule has 0 unspecified atom stereocenters. The van der Waals surface area contributed by atoms with Gasteiger partial charge in [0.05, 0.1) is 34.1 Å². The minimum absolute atomic E-state index is 0.232. The van der Waals surface area contributed by atoms with Gasteiger partial charge in [0, 0.05) is 53.3 Å². The Kier molecular flexibility index (Phi) is 5.86. The van der Waals surface area contributed by atoms with E-state index in [9.17, 15) is 14.4 Å². The number of isothiocyanates is 1. The molecule has 0 fully saturated rings. The zero-order valence-electron chi connectivity index (χ0n) is 18.8. The number of thiocarbonyl (C=S) groups is 1. The highest BCUT2D eigenvalue weighted by molar-refractivity contribution is 7.78. The van der Waals surface area contributed by atoms with Crippen molar-refractivity contribution in [2.75, 3.05) is 11.9 Å². The van der Waals surface area contributed by atoms with Gasteiger partial charge in [-0.25, -0.2) is 4.99 Å². The molecule has 174 valence electrons. The third-order valence-electron chi connectivity index (χ3n) is 6.01. The van der Waals surface area contributed by atoms with Crippen molar-refractivity contribution < 1.29 is 14.4 Å². The van der Waals surface area contributed by atoms with Crippen LogP contribution in [0.4, 0.5) is 5.69 Å². The SMILES string of the molecule is CC(=O)Nc1cccc2c1c(C1=C(c3c[nH]c4ccccc34)C(=O)NC1=O)cn2CCCN=C=S. The zero-order valence-corrected chi connectivity index (χ0v) is 19.7. The fraction of sp³-hybridized carbons (Fsp3) is 0.154. The van der Waals surface area contributed by atoms with Crippen LogP contribution in [0.5, 0.6) is 0 Å². The number of benzene rings is 2. The van der Waals surface area contributed by atoms with Gasteiger partial charge in [0.2, 0.25) is 5.91 Å². The van der Waals surface area contributed by atoms with Gasteiger partial charge in [0.15, 0.2) is 0 Å². The molecule has 5 rings (SSSR count). The van der Waals surface area contributed by atoms with Crippen molar-refractivity contribution in [2.24, 2.45) is 4.99 Å². The number of nitrogens with zero attached hydrogens (tertiary/aromatic N) is 2. The Bertz CT molecular complexity index is 1600. The maximum Gasteiger partial charge on any atom is 0.259 e. The molecule has 0 atom stereocenters. The molecular weight excluding hydrogens is 462 g/mol. The van der Waals surface area contributed by atoms with Crippen LogP contribution < -0.4 is 10.6 Å². The summed E-state index contributed by atoms with van der Waals surface area (Å²) in [5.74, 6) is -1.16. The van der Waals surface area contributed by atoms with Crippen molar-refractivity contribution >= 4 is 73.7 Å². The van der Waals surface area contributed by atoms with Gasteiger partial charge in [-0.05, 0) is 36.8 Å². The van der Waals surface area contributed by atoms with E-state index in [1.165, 1.54) is 6.92 Å². The number of aryl methyl sites for hydroxylation is 1. The Morgan fingerprint density at radius 1 is 1.09 bits per heavy atom. The van der Waals surface area contributed by atoms with Crippen molar-refractivity contribution in [1.82, 2.24) is 14.9 Å². The van der Waals surface area contributed by atoms with Crippen LogP contribution in [0.25, 0.3) is 33.0 Å². The summed E-state index contributed by atoms with van der Waals surface area (Å²) in [6.45, 7) is 2.55. The average molecular weight is 484 g/mol. The molecule has 1 aliphatic heterocycles. The number of hydrogen-bond donors (Lipinski definition) is 3. The number of carbonyl (C=O) groups is 3. The van der Waals surface area contributed by atoms with Crippen LogP contribution in [0, 0.1) is 0 Å². The topological polar surface area (TPSA) is 108 Å². The molecule has 0 saturated carbocycles. The number of aromatic amines is 1. The van der Waals surface area contributed by atoms with E-state index in [0.29, 0.717) is 47.3 Å². The standard InChI is InChI=1S/C26H21N5O3S/c1-15(32)29-20-8-4-9-21-22(20)18(13-31(21)11-5-10-27-14-35)24-23(25(33)30-26(24)34)17-12-28-19-7-3-2-6-16(17)19/h2-4,6-9,12-13,28H,5,10-11H2,1H3,(H,29,32)(H,30,33,34). The molecular formula is C26H21N5O3S. The number of imide groups is 1. The Morgan fingerprint density at radius 3 is 2.63 bits per heavy atom. The number of anilines is 1. The molecule has 3 heterocycles. The normalized spacial score (nSPS) is 13.4. The van der Waals surface area contributed by atoms with E-state index < -0.39 is 11.8 Å². The Hall–Kier alpha value is -4.33. The molecule has 35 heavy (non-hydrogen) atoms. The number of aromatic nitrogens is 2. The summed E-state index contributed by atoms with van der Waals surface area (Å²) < 4.78 is 2.00. The quantitative estimate of drug-likeness (QED) is 0.159. The minimum atomic E-state index is -0.475. The van der Waals surface area contributed by atoms with Crippen LogP contribution in [0.2, 0.25) is 0 Å². The number of H-pyrrole nitrogens is 1. The first kappa shape index (κ1) is 22.5. The summed E-state index contributed by atoms with van der Waals surface area (Å²) in [6.07, 6.45) is 4.31. The number of carbonyl (C=O) groups excluding carboxylic acids is 3. The van der Waals surface area contributed by atoms with E-state index >= 15 is 0 Å². The predicted octanol–water partition coefficient (Wildman–Crippen LogP) is 4.14. The van der Waals surface area contributed by atoms with Gasteiger partial charge in [-0.3, -0.25) is 19.7 Å². The van der Waals surface area contributed by atoms with Crippen molar-refractivity contribution in [3.8, 4) is 0 Å². The van der Waals surface area contributed by atoms with E-state index in [2.05, 4.69) is 38.0 Å². The molecule has 0 saturated heterocycles. The third kappa shape index (κ3) is 3.97. The molecule has 0 bridgehead atoms. The number of hydrogen-bond acceptors (Lipinski definition) is 5. The molecule has 0 radical (unpaired) electrons. The second kappa shape index (κ2) is 9.13. The van der Waals surface area contributed by atoms with Crippen LogP contribution in [-0.4, -0.2) is 39.0 Å². The number of rotatable bonds is 7. The Labute approximate surface area is 205 Å². The molecule has 3 N–H and O–H groups in total. The first-order valence-electron chi connectivity index (χ1n) is 11.1. The molecule has 2 aromatic carbocycles. The zero-order chi connectivity index (χ0) is 24.5. The Morgan fingerprint density at radius 2 is 1.86 bits per heavy atom. The lowest BCUT2D eigenvalue weighted by molar-refractivity contribution is -0.122. The lowest BCUT2D eigenvalue weighted by atomic mass is 9.95. The minimum Gasteiger partial charge on any atom is -0.361 e. The molecule has 4 aromatic rings. The van der Waals surface area contributed by atoms with E-state index in [0.717, 1.165) is 16.4 Å². The van der Waals surface area contributed by atoms with Crippen LogP contribution in [-0.2, 0) is 20.9 Å². The summed E-state index contributed by atoms with van der Waals surface area (Å²) in [7, 11) is 0. The van der Waals surface area contributed by atoms with Crippen molar-refractivity contribution in [3.63, 3.8) is 0 Å². The Balaban J connectivity index is 1.77. The number of amides is 3. The molecule has 9 heteroatoms. The maximum atomic E-state index is 13.2. The van der Waals surface area contributed by atoms with Gasteiger partial charge in [-0.2, -0.15) is 0 Å². The van der Waals surface area contributed by atoms with Gasteiger partial charge >= 0.3 is 0 Å². The predicted molar refractivity (Wildman–Crippen MR) is 139 cm³/mol. The molecule has 0 spiro atoms. The highest BCUT2D eigenvalue weighted by Gasteiger charge is 2.35. The first-order valence-corrected chi connectivity index (χ1v) is 11.5. The summed E-state index contributed by atoms with van der Waals surface area (Å²) in [4.78, 5) is 45.3. The van der Waals surface area contributed by atoms with Crippen LogP contribution in [0.3, 0.4) is 0 Å². The molecule has 3 amide bonds. The van der Waals surface area contributed by atoms with Gasteiger partial charge in [-0.15, -0.1) is 0 Å². The smallest absolute Gasteiger partial charge is 0.259 e. The number of aliphatic imine (C=N–C) groups is 1. The molecule has 2 aromatic heterocycles. The number of para-hydroxylation sites is 1. The van der Waals surface area contributed by atoms with Crippen molar-refractivity contribution in [1.29, 1.82) is 0 Å². The van der Waals surface area contributed by atoms with Crippen molar-refractivity contribution in [2.45, 2.75) is 19.9 Å². The number of nitrogens with one attached hydrogen (secondary N) is 3. The average Bonchev–Trinajstić information content (AvgIpc) is 3.49. The van der Waals surface area contributed by atoms with Crippen LogP contribution in [0.15, 0.2) is 59.9 Å². The van der Waals surface area contributed by atoms with Gasteiger partial charge in [-0.1, -0.05) is 24.3 Å². The highest BCUT2D eigenvalue weighted by atomic mass is 32.1. The molecule has 8 nitrogen and oxygen atoms in total. The summed E-state index contributed by atoms with van der Waals surface area (Å²) >= 11 is 4.65. The van der Waals surface area contributed by atoms with E-state index in [1.54, 1.807) is 12.3 Å². The van der Waals surface area contributed by atoms with Crippen LogP contribution >= 0.6 is 12.2 Å². The fourth-order valence-electron chi connectivity index (χ4n) is 4.63. The second-order valence-corrected chi connectivity index (χ2v) is 8.41. The fourth-order valence-corrected chi connectivity index (χ4v) is 4.73. The largest absolute Gasteiger partial charge is 0.361 e. The van der Waals surface area contributed by atoms with Gasteiger partial charge < -0.3 is 14.9 Å². The highest BCUT2D eigenvalue weighted by Crippen LogP contribution is 2.40.